The fraction of sp³-hybridized carbons (Fsp3) is 0.407. The van der Waals surface area contributed by atoms with Crippen LogP contribution in [0.4, 0.5) is 0 Å². The zero-order chi connectivity index (χ0) is 23.3. The molecule has 31 heavy (non-hydrogen) atoms. The summed E-state index contributed by atoms with van der Waals surface area (Å²) >= 11 is 13.1. The van der Waals surface area contributed by atoms with Gasteiger partial charge in [0.2, 0.25) is 0 Å². The van der Waals surface area contributed by atoms with Crippen molar-refractivity contribution in [2.24, 2.45) is 0 Å². The Morgan fingerprint density at radius 2 is 1.03 bits per heavy atom. The van der Waals surface area contributed by atoms with Gasteiger partial charge in [-0.05, 0) is 93.6 Å². The van der Waals surface area contributed by atoms with Crippen molar-refractivity contribution in [3.05, 3.63) is 44.3 Å². The van der Waals surface area contributed by atoms with Crippen molar-refractivity contribution in [3.63, 3.8) is 0 Å². The van der Waals surface area contributed by atoms with Crippen molar-refractivity contribution in [1.29, 1.82) is 0 Å². The molecule has 0 bridgehead atoms. The van der Waals surface area contributed by atoms with Crippen LogP contribution < -0.4 is 5.19 Å². The van der Waals surface area contributed by atoms with Gasteiger partial charge < -0.3 is 0 Å². The molecule has 4 aromatic rings. The summed E-state index contributed by atoms with van der Waals surface area (Å²) in [6, 6.07) is 9.60. The number of rotatable bonds is 1. The predicted octanol–water partition coefficient (Wildman–Crippen LogP) is 9.54. The highest BCUT2D eigenvalue weighted by Crippen LogP contribution is 2.47. The normalized spacial score (nSPS) is 13.8. The van der Waals surface area contributed by atoms with Gasteiger partial charge in [-0.15, -0.1) is 12.6 Å². The standard InChI is InChI=1S/C27H32Br2SSi/c1-26(2,3)14-11-17-20-18(12-14)24(30)22(28)16-10-15(27(4,5)6)13-19(21(16)20)25(23(17)29)31(7,8)9/h10-13,30H,1-9H3. The molecule has 4 aromatic carbocycles. The second kappa shape index (κ2) is 7.22. The van der Waals surface area contributed by atoms with Crippen LogP contribution in [-0.2, 0) is 10.8 Å². The lowest BCUT2D eigenvalue weighted by atomic mass is 9.81. The summed E-state index contributed by atoms with van der Waals surface area (Å²) in [6.07, 6.45) is 0. The van der Waals surface area contributed by atoms with Crippen molar-refractivity contribution < 1.29 is 0 Å². The van der Waals surface area contributed by atoms with Crippen molar-refractivity contribution in [2.75, 3.05) is 0 Å². The van der Waals surface area contributed by atoms with Gasteiger partial charge in [-0.3, -0.25) is 0 Å². The molecule has 0 saturated heterocycles. The quantitative estimate of drug-likeness (QED) is 0.130. The number of hydrogen-bond acceptors (Lipinski definition) is 1. The summed E-state index contributed by atoms with van der Waals surface area (Å²) < 4.78 is 2.38. The van der Waals surface area contributed by atoms with Crippen LogP contribution >= 0.6 is 44.5 Å². The highest BCUT2D eigenvalue weighted by atomic mass is 79.9. The average molecular weight is 577 g/mol. The Morgan fingerprint density at radius 3 is 1.48 bits per heavy atom. The minimum atomic E-state index is -1.66. The molecule has 0 amide bonds. The van der Waals surface area contributed by atoms with E-state index in [1.807, 2.05) is 0 Å². The first-order valence-electron chi connectivity index (χ1n) is 10.9. The lowest BCUT2D eigenvalue weighted by Gasteiger charge is -2.29. The number of benzene rings is 4. The van der Waals surface area contributed by atoms with Gasteiger partial charge in [0.25, 0.3) is 0 Å². The van der Waals surface area contributed by atoms with Gasteiger partial charge in [0.15, 0.2) is 0 Å². The lowest BCUT2D eigenvalue weighted by molar-refractivity contribution is 0.591. The van der Waals surface area contributed by atoms with Crippen molar-refractivity contribution in [2.45, 2.75) is 76.9 Å². The van der Waals surface area contributed by atoms with E-state index in [4.69, 9.17) is 12.6 Å². The molecule has 0 spiro atoms. The molecule has 0 atom stereocenters. The van der Waals surface area contributed by atoms with Gasteiger partial charge in [0.1, 0.15) is 0 Å². The smallest absolute Gasteiger partial charge is 0.0799 e. The Morgan fingerprint density at radius 1 is 0.645 bits per heavy atom. The van der Waals surface area contributed by atoms with E-state index in [2.05, 4.69) is 117 Å². The topological polar surface area (TPSA) is 0 Å². The Kier molecular flexibility index (Phi) is 5.50. The Balaban J connectivity index is 2.41. The first-order chi connectivity index (χ1) is 14.0. The minimum Gasteiger partial charge on any atom is -0.142 e. The summed E-state index contributed by atoms with van der Waals surface area (Å²) in [5.41, 5.74) is 2.85. The first-order valence-corrected chi connectivity index (χ1v) is 16.4. The van der Waals surface area contributed by atoms with E-state index >= 15 is 0 Å². The maximum absolute atomic E-state index is 5.03. The van der Waals surface area contributed by atoms with Crippen LogP contribution in [0.2, 0.25) is 19.6 Å². The molecule has 0 aliphatic heterocycles. The minimum absolute atomic E-state index is 0.0648. The highest BCUT2D eigenvalue weighted by molar-refractivity contribution is 9.11. The van der Waals surface area contributed by atoms with Crippen molar-refractivity contribution in [1.82, 2.24) is 0 Å². The third-order valence-electron chi connectivity index (χ3n) is 6.43. The van der Waals surface area contributed by atoms with E-state index in [1.54, 1.807) is 0 Å². The van der Waals surface area contributed by atoms with Crippen LogP contribution in [-0.4, -0.2) is 8.07 Å². The summed E-state index contributed by atoms with van der Waals surface area (Å²) in [6.45, 7) is 21.1. The Bertz CT molecular complexity index is 1350. The first kappa shape index (κ1) is 23.6. The van der Waals surface area contributed by atoms with Crippen LogP contribution in [0.3, 0.4) is 0 Å². The van der Waals surface area contributed by atoms with Gasteiger partial charge in [0, 0.05) is 13.8 Å². The molecule has 164 valence electrons. The van der Waals surface area contributed by atoms with Gasteiger partial charge >= 0.3 is 0 Å². The Hall–Kier alpha value is -0.553. The largest absolute Gasteiger partial charge is 0.142 e. The van der Waals surface area contributed by atoms with Crippen LogP contribution in [0.1, 0.15) is 52.7 Å². The van der Waals surface area contributed by atoms with E-state index in [-0.39, 0.29) is 10.8 Å². The molecular weight excluding hydrogens is 544 g/mol. The molecule has 0 aliphatic carbocycles. The second-order valence-corrected chi connectivity index (χ2v) is 19.0. The van der Waals surface area contributed by atoms with E-state index in [9.17, 15) is 0 Å². The summed E-state index contributed by atoms with van der Waals surface area (Å²) in [5, 5.41) is 9.47. The summed E-state index contributed by atoms with van der Waals surface area (Å²) in [4.78, 5) is 1.03. The predicted molar refractivity (Wildman–Crippen MR) is 153 cm³/mol. The molecule has 0 aromatic heterocycles. The van der Waals surface area contributed by atoms with Crippen LogP contribution in [0.5, 0.6) is 0 Å². The van der Waals surface area contributed by atoms with Gasteiger partial charge in [-0.25, -0.2) is 0 Å². The third-order valence-corrected chi connectivity index (χ3v) is 11.2. The van der Waals surface area contributed by atoms with Gasteiger partial charge in [-0.2, -0.15) is 0 Å². The Labute approximate surface area is 210 Å². The van der Waals surface area contributed by atoms with Crippen LogP contribution in [0.25, 0.3) is 32.3 Å². The molecular formula is C27H32Br2SSi. The molecule has 4 rings (SSSR count). The third kappa shape index (κ3) is 3.70. The molecule has 0 unspecified atom stereocenters. The maximum atomic E-state index is 5.03. The van der Waals surface area contributed by atoms with E-state index in [0.717, 1.165) is 9.37 Å². The molecule has 0 heterocycles. The van der Waals surface area contributed by atoms with Gasteiger partial charge in [0.05, 0.1) is 8.07 Å². The number of thiol groups is 1. The van der Waals surface area contributed by atoms with E-state index in [1.165, 1.54) is 53.1 Å². The van der Waals surface area contributed by atoms with Gasteiger partial charge in [-0.1, -0.05) is 83.2 Å². The average Bonchev–Trinajstić information content (AvgIpc) is 2.61. The molecule has 4 heteroatoms. The lowest BCUT2D eigenvalue weighted by Crippen LogP contribution is -2.39. The van der Waals surface area contributed by atoms with Crippen LogP contribution in [0.15, 0.2) is 38.1 Å². The monoisotopic (exact) mass is 574 g/mol. The molecule has 0 nitrogen and oxygen atoms in total. The second-order valence-electron chi connectivity index (χ2n) is 12.0. The fourth-order valence-corrected chi connectivity index (χ4v) is 9.58. The number of hydrogen-bond donors (Lipinski definition) is 1. The molecule has 0 fully saturated rings. The fourth-order valence-electron chi connectivity index (χ4n) is 4.65. The molecule has 0 N–H and O–H groups in total. The molecule has 0 aliphatic rings. The maximum Gasteiger partial charge on any atom is 0.0799 e. The molecule has 0 radical (unpaired) electrons. The zero-order valence-corrected chi connectivity index (χ0v) is 25.1. The highest BCUT2D eigenvalue weighted by Gasteiger charge is 2.30. The summed E-state index contributed by atoms with van der Waals surface area (Å²) in [5.74, 6) is 0. The van der Waals surface area contributed by atoms with E-state index in [0.29, 0.717) is 0 Å². The molecule has 0 saturated carbocycles. The SMILES string of the molecule is CC(C)(C)c1cc2c(S)c(Br)c3cc(C(C)(C)C)cc4c([Si](C)(C)C)c(Br)c(c1)c2c34. The summed E-state index contributed by atoms with van der Waals surface area (Å²) in [7, 11) is -1.66. The van der Waals surface area contributed by atoms with Crippen LogP contribution in [0, 0.1) is 0 Å². The zero-order valence-electron chi connectivity index (χ0n) is 20.0. The van der Waals surface area contributed by atoms with Crippen molar-refractivity contribution in [3.8, 4) is 0 Å². The van der Waals surface area contributed by atoms with E-state index < -0.39 is 8.07 Å². The number of halogens is 2. The van der Waals surface area contributed by atoms with Crippen molar-refractivity contribution >= 4 is 90.1 Å².